The number of aromatic nitrogens is 2. The Balaban J connectivity index is 1.51. The standard InChI is InChI=1S/C23H22N4O4/c1-2-3-10-27-22(30)17-9-8-14(11-18(17)23(27)31)21(29)26-25-20(28)12-15-13-24-19-7-5-4-6-16(15)19/h4-9,11,13,24,30-31H,2-3,10,12H2,1H3. The van der Waals surface area contributed by atoms with E-state index in [-0.39, 0.29) is 23.7 Å². The molecular weight excluding hydrogens is 396 g/mol. The fourth-order valence-electron chi connectivity index (χ4n) is 3.61. The Morgan fingerprint density at radius 3 is 2.58 bits per heavy atom. The van der Waals surface area contributed by atoms with Crippen molar-refractivity contribution in [1.82, 2.24) is 9.55 Å². The number of hydrogen-bond acceptors (Lipinski definition) is 4. The Labute approximate surface area is 177 Å². The van der Waals surface area contributed by atoms with E-state index in [1.54, 1.807) is 12.3 Å². The zero-order valence-corrected chi connectivity index (χ0v) is 17.0. The van der Waals surface area contributed by atoms with Gasteiger partial charge in [0.25, 0.3) is 11.8 Å². The van der Waals surface area contributed by atoms with Crippen LogP contribution in [0.1, 0.15) is 35.7 Å². The summed E-state index contributed by atoms with van der Waals surface area (Å²) in [5.74, 6) is -1.39. The smallest absolute Gasteiger partial charge is 0.295 e. The molecule has 2 heterocycles. The molecule has 8 heteroatoms. The molecule has 0 radical (unpaired) electrons. The van der Waals surface area contributed by atoms with Gasteiger partial charge in [0.1, 0.15) is 0 Å². The summed E-state index contributed by atoms with van der Waals surface area (Å²) in [5, 5.41) is 29.6. The quantitative estimate of drug-likeness (QED) is 0.393. The molecule has 0 fully saturated rings. The first-order valence-corrected chi connectivity index (χ1v) is 10.1. The van der Waals surface area contributed by atoms with Gasteiger partial charge < -0.3 is 15.2 Å². The highest BCUT2D eigenvalue weighted by Crippen LogP contribution is 2.37. The van der Waals surface area contributed by atoms with E-state index >= 15 is 0 Å². The van der Waals surface area contributed by atoms with Crippen LogP contribution in [0.5, 0.6) is 11.8 Å². The Morgan fingerprint density at radius 1 is 1.00 bits per heavy atom. The number of nitrogens with one attached hydrogen (secondary N) is 1. The van der Waals surface area contributed by atoms with Crippen LogP contribution in [0.15, 0.2) is 58.9 Å². The average Bonchev–Trinajstić information content (AvgIpc) is 3.29. The van der Waals surface area contributed by atoms with Gasteiger partial charge >= 0.3 is 0 Å². The first-order valence-electron chi connectivity index (χ1n) is 10.1. The summed E-state index contributed by atoms with van der Waals surface area (Å²) in [6.07, 6.45) is 3.46. The average molecular weight is 418 g/mol. The Hall–Kier alpha value is -3.94. The molecule has 4 rings (SSSR count). The monoisotopic (exact) mass is 418 g/mol. The first-order chi connectivity index (χ1) is 15.0. The summed E-state index contributed by atoms with van der Waals surface area (Å²) in [5.41, 5.74) is 1.86. The van der Waals surface area contributed by atoms with E-state index in [2.05, 4.69) is 15.2 Å². The number of azo groups is 1. The second-order valence-corrected chi connectivity index (χ2v) is 7.35. The van der Waals surface area contributed by atoms with Crippen molar-refractivity contribution in [3.8, 4) is 11.8 Å². The normalized spacial score (nSPS) is 11.6. The summed E-state index contributed by atoms with van der Waals surface area (Å²) in [7, 11) is 0. The van der Waals surface area contributed by atoms with Crippen molar-refractivity contribution in [2.24, 2.45) is 10.2 Å². The van der Waals surface area contributed by atoms with E-state index < -0.39 is 11.8 Å². The molecule has 2 aromatic heterocycles. The summed E-state index contributed by atoms with van der Waals surface area (Å²) >= 11 is 0. The van der Waals surface area contributed by atoms with Crippen LogP contribution >= 0.6 is 0 Å². The van der Waals surface area contributed by atoms with Crippen molar-refractivity contribution < 1.29 is 19.8 Å². The van der Waals surface area contributed by atoms with Crippen LogP contribution in [-0.2, 0) is 17.8 Å². The van der Waals surface area contributed by atoms with Gasteiger partial charge in [-0.1, -0.05) is 31.5 Å². The van der Waals surface area contributed by atoms with Crippen LogP contribution in [-0.4, -0.2) is 31.6 Å². The number of benzene rings is 2. The predicted octanol–water partition coefficient (Wildman–Crippen LogP) is 4.70. The Kier molecular flexibility index (Phi) is 5.53. The van der Waals surface area contributed by atoms with Crippen LogP contribution in [0.25, 0.3) is 21.7 Å². The largest absolute Gasteiger partial charge is 0.494 e. The zero-order chi connectivity index (χ0) is 22.0. The summed E-state index contributed by atoms with van der Waals surface area (Å²) in [4.78, 5) is 27.7. The molecular formula is C23H22N4O4. The second-order valence-electron chi connectivity index (χ2n) is 7.35. The zero-order valence-electron chi connectivity index (χ0n) is 17.0. The van der Waals surface area contributed by atoms with Gasteiger partial charge in [0, 0.05) is 40.0 Å². The lowest BCUT2D eigenvalue weighted by Gasteiger charge is -2.04. The van der Waals surface area contributed by atoms with Crippen molar-refractivity contribution in [2.45, 2.75) is 32.7 Å². The molecule has 0 aliphatic heterocycles. The van der Waals surface area contributed by atoms with Crippen LogP contribution in [0.4, 0.5) is 0 Å². The van der Waals surface area contributed by atoms with Gasteiger partial charge in [-0.05, 0) is 36.2 Å². The minimum atomic E-state index is -0.700. The third kappa shape index (κ3) is 3.92. The lowest BCUT2D eigenvalue weighted by Crippen LogP contribution is -2.00. The van der Waals surface area contributed by atoms with Crippen molar-refractivity contribution in [3.05, 3.63) is 59.8 Å². The Morgan fingerprint density at radius 2 is 1.77 bits per heavy atom. The maximum atomic E-state index is 12.4. The number of aromatic hydroxyl groups is 2. The minimum absolute atomic E-state index is 0.0226. The number of rotatable bonds is 6. The molecule has 0 saturated heterocycles. The van der Waals surface area contributed by atoms with Crippen molar-refractivity contribution in [1.29, 1.82) is 0 Å². The maximum absolute atomic E-state index is 12.4. The van der Waals surface area contributed by atoms with E-state index in [9.17, 15) is 19.8 Å². The number of amides is 2. The highest BCUT2D eigenvalue weighted by molar-refractivity contribution is 6.02. The summed E-state index contributed by atoms with van der Waals surface area (Å²) in [6.45, 7) is 2.48. The fourth-order valence-corrected chi connectivity index (χ4v) is 3.61. The molecule has 0 unspecified atom stereocenters. The molecule has 158 valence electrons. The summed E-state index contributed by atoms with van der Waals surface area (Å²) < 4.78 is 1.41. The highest BCUT2D eigenvalue weighted by atomic mass is 16.3. The van der Waals surface area contributed by atoms with Crippen molar-refractivity contribution in [2.75, 3.05) is 0 Å². The molecule has 0 aliphatic carbocycles. The highest BCUT2D eigenvalue weighted by Gasteiger charge is 2.18. The number of fused-ring (bicyclic) bond motifs is 2. The van der Waals surface area contributed by atoms with E-state index in [4.69, 9.17) is 0 Å². The van der Waals surface area contributed by atoms with Gasteiger partial charge in [-0.3, -0.25) is 14.2 Å². The molecule has 3 N–H and O–H groups in total. The van der Waals surface area contributed by atoms with Crippen LogP contribution in [0.2, 0.25) is 0 Å². The molecule has 0 saturated carbocycles. The molecule has 2 aromatic carbocycles. The lowest BCUT2D eigenvalue weighted by atomic mass is 10.1. The molecule has 0 atom stereocenters. The molecule has 2 amide bonds. The number of carbonyl (C=O) groups is 2. The van der Waals surface area contributed by atoms with E-state index in [0.29, 0.717) is 17.3 Å². The molecule has 31 heavy (non-hydrogen) atoms. The third-order valence-corrected chi connectivity index (χ3v) is 5.26. The number of H-pyrrole nitrogens is 1. The maximum Gasteiger partial charge on any atom is 0.295 e. The topological polar surface area (TPSA) is 120 Å². The molecule has 0 bridgehead atoms. The van der Waals surface area contributed by atoms with E-state index in [1.165, 1.54) is 16.7 Å². The number of unbranched alkanes of at least 4 members (excludes halogenated alkanes) is 1. The predicted molar refractivity (Wildman–Crippen MR) is 116 cm³/mol. The van der Waals surface area contributed by atoms with Crippen LogP contribution in [0.3, 0.4) is 0 Å². The van der Waals surface area contributed by atoms with Gasteiger partial charge in [0.05, 0.1) is 6.42 Å². The Bertz CT molecular complexity index is 1320. The minimum Gasteiger partial charge on any atom is -0.494 e. The number of nitrogens with zero attached hydrogens (tertiary/aromatic N) is 3. The van der Waals surface area contributed by atoms with Gasteiger partial charge in [-0.2, -0.15) is 0 Å². The number of para-hydroxylation sites is 1. The SMILES string of the molecule is CCCCn1c(O)c2ccc(C(=O)N=NC(=O)Cc3c[nH]c4ccccc34)cc2c1O. The van der Waals surface area contributed by atoms with E-state index in [0.717, 1.165) is 29.3 Å². The molecule has 8 nitrogen and oxygen atoms in total. The van der Waals surface area contributed by atoms with Crippen molar-refractivity contribution in [3.63, 3.8) is 0 Å². The molecule has 0 aliphatic rings. The van der Waals surface area contributed by atoms with Crippen molar-refractivity contribution >= 4 is 33.5 Å². The van der Waals surface area contributed by atoms with Gasteiger partial charge in [0.2, 0.25) is 11.8 Å². The van der Waals surface area contributed by atoms with Crippen LogP contribution < -0.4 is 0 Å². The number of hydrogen-bond donors (Lipinski definition) is 3. The summed E-state index contributed by atoms with van der Waals surface area (Å²) in [6, 6.07) is 12.1. The van der Waals surface area contributed by atoms with Gasteiger partial charge in [-0.25, -0.2) is 0 Å². The second kappa shape index (κ2) is 8.43. The first kappa shape index (κ1) is 20.3. The number of carbonyl (C=O) groups excluding carboxylic acids is 2. The van der Waals surface area contributed by atoms with Crippen LogP contribution in [0, 0.1) is 0 Å². The molecule has 4 aromatic rings. The third-order valence-electron chi connectivity index (χ3n) is 5.26. The number of aromatic amines is 1. The fraction of sp³-hybridized carbons (Fsp3) is 0.217. The molecule has 0 spiro atoms. The van der Waals surface area contributed by atoms with Gasteiger partial charge in [0.15, 0.2) is 0 Å². The van der Waals surface area contributed by atoms with Gasteiger partial charge in [-0.15, -0.1) is 10.2 Å². The lowest BCUT2D eigenvalue weighted by molar-refractivity contribution is -0.117. The van der Waals surface area contributed by atoms with E-state index in [1.807, 2.05) is 31.2 Å².